The number of aromatic nitrogens is 1. The summed E-state index contributed by atoms with van der Waals surface area (Å²) in [4.78, 5) is 13.0. The molecule has 0 aliphatic carbocycles. The Morgan fingerprint density at radius 3 is 2.58 bits per heavy atom. The summed E-state index contributed by atoms with van der Waals surface area (Å²) < 4.78 is 24.5. The van der Waals surface area contributed by atoms with E-state index < -0.39 is 23.0 Å². The monoisotopic (exact) mass is 172 g/mol. The van der Waals surface area contributed by atoms with Crippen molar-refractivity contribution < 1.29 is 14.0 Å². The predicted octanol–water partition coefficient (Wildman–Crippen LogP) is 0.915. The second-order valence-corrected chi connectivity index (χ2v) is 1.89. The van der Waals surface area contributed by atoms with Crippen LogP contribution in [0.2, 0.25) is 0 Å². The summed E-state index contributed by atoms with van der Waals surface area (Å²) in [5.74, 6) is -3.65. The van der Waals surface area contributed by atoms with Gasteiger partial charge in [-0.25, -0.2) is 9.18 Å². The maximum absolute atomic E-state index is 12.5. The molecule has 0 atom stereocenters. The Kier molecular flexibility index (Phi) is 1.79. The van der Waals surface area contributed by atoms with E-state index >= 15 is 0 Å². The molecule has 12 heavy (non-hydrogen) atoms. The molecule has 1 aromatic rings. The molecular formula is C6H2F2N2O2. The van der Waals surface area contributed by atoms with Gasteiger partial charge >= 0.3 is 11.4 Å². The number of halogens is 2. The van der Waals surface area contributed by atoms with Gasteiger partial charge in [0, 0.05) is 6.07 Å². The molecule has 0 aliphatic heterocycles. The van der Waals surface area contributed by atoms with Crippen molar-refractivity contribution in [2.45, 2.75) is 0 Å². The molecule has 0 saturated heterocycles. The Morgan fingerprint density at radius 2 is 2.08 bits per heavy atom. The molecule has 6 heteroatoms. The second-order valence-electron chi connectivity index (χ2n) is 1.89. The quantitative estimate of drug-likeness (QED) is 0.467. The van der Waals surface area contributed by atoms with Gasteiger partial charge in [0.05, 0.1) is 0 Å². The first kappa shape index (κ1) is 8.20. The van der Waals surface area contributed by atoms with Crippen molar-refractivity contribution in [1.82, 2.24) is 4.73 Å². The third kappa shape index (κ3) is 1.01. The zero-order valence-corrected chi connectivity index (χ0v) is 5.58. The van der Waals surface area contributed by atoms with Crippen LogP contribution >= 0.6 is 0 Å². The molecule has 4 nitrogen and oxygen atoms in total. The van der Waals surface area contributed by atoms with Crippen LogP contribution in [0.3, 0.4) is 0 Å². The molecule has 0 aromatic carbocycles. The molecule has 1 heterocycles. The lowest BCUT2D eigenvalue weighted by molar-refractivity contribution is 0.174. The van der Waals surface area contributed by atoms with Gasteiger partial charge in [-0.1, -0.05) is 11.3 Å². The highest BCUT2D eigenvalue weighted by Gasteiger charge is 2.15. The van der Waals surface area contributed by atoms with Gasteiger partial charge in [0.25, 0.3) is 0 Å². The van der Waals surface area contributed by atoms with Gasteiger partial charge in [0.2, 0.25) is 5.82 Å². The van der Waals surface area contributed by atoms with E-state index in [0.717, 1.165) is 0 Å². The summed E-state index contributed by atoms with van der Waals surface area (Å²) in [7, 11) is 0. The van der Waals surface area contributed by atoms with Crippen LogP contribution in [0.25, 0.3) is 4.85 Å². The Labute approximate surface area is 65.1 Å². The van der Waals surface area contributed by atoms with Crippen molar-refractivity contribution >= 4 is 5.82 Å². The van der Waals surface area contributed by atoms with Crippen molar-refractivity contribution in [3.05, 3.63) is 39.5 Å². The molecule has 1 aromatic heterocycles. The van der Waals surface area contributed by atoms with Crippen LogP contribution in [0.4, 0.5) is 14.6 Å². The summed E-state index contributed by atoms with van der Waals surface area (Å²) >= 11 is 0. The van der Waals surface area contributed by atoms with Crippen molar-refractivity contribution in [3.63, 3.8) is 0 Å². The average Bonchev–Trinajstić information content (AvgIpc) is 2.01. The Morgan fingerprint density at radius 1 is 1.50 bits per heavy atom. The number of pyridine rings is 1. The normalized spacial score (nSPS) is 9.42. The molecule has 0 aliphatic rings. The van der Waals surface area contributed by atoms with Crippen molar-refractivity contribution in [2.24, 2.45) is 0 Å². The average molecular weight is 172 g/mol. The summed E-state index contributed by atoms with van der Waals surface area (Å²) in [6.07, 6.45) is 0. The van der Waals surface area contributed by atoms with E-state index in [9.17, 15) is 13.6 Å². The highest BCUT2D eigenvalue weighted by Crippen LogP contribution is 2.13. The minimum Gasteiger partial charge on any atom is -0.362 e. The largest absolute Gasteiger partial charge is 0.392 e. The zero-order valence-electron chi connectivity index (χ0n) is 5.58. The van der Waals surface area contributed by atoms with Crippen LogP contribution < -0.4 is 5.56 Å². The Bertz CT molecular complexity index is 419. The summed E-state index contributed by atoms with van der Waals surface area (Å²) in [5.41, 5.74) is -1.44. The predicted molar refractivity (Wildman–Crippen MR) is 34.1 cm³/mol. The van der Waals surface area contributed by atoms with Crippen LogP contribution in [0.5, 0.6) is 0 Å². The van der Waals surface area contributed by atoms with Crippen LogP contribution in [0.1, 0.15) is 0 Å². The summed E-state index contributed by atoms with van der Waals surface area (Å²) in [6, 6.07) is 0.252. The number of nitrogens with zero attached hydrogens (tertiary/aromatic N) is 2. The molecule has 0 unspecified atom stereocenters. The van der Waals surface area contributed by atoms with E-state index in [-0.39, 0.29) is 10.8 Å². The molecule has 0 saturated carbocycles. The van der Waals surface area contributed by atoms with Gasteiger partial charge in [0.1, 0.15) is 0 Å². The van der Waals surface area contributed by atoms with Gasteiger partial charge in [-0.05, 0) is 0 Å². The lowest BCUT2D eigenvalue weighted by Crippen LogP contribution is -2.21. The van der Waals surface area contributed by atoms with E-state index in [4.69, 9.17) is 11.8 Å². The van der Waals surface area contributed by atoms with Crippen molar-refractivity contribution in [3.8, 4) is 0 Å². The van der Waals surface area contributed by atoms with Gasteiger partial charge in [-0.2, -0.15) is 4.39 Å². The molecule has 0 radical (unpaired) electrons. The molecular weight excluding hydrogens is 170 g/mol. The number of rotatable bonds is 0. The third-order valence-electron chi connectivity index (χ3n) is 1.17. The fourth-order valence-corrected chi connectivity index (χ4v) is 0.637. The first-order valence-corrected chi connectivity index (χ1v) is 2.75. The van der Waals surface area contributed by atoms with Crippen LogP contribution in [0, 0.1) is 18.2 Å². The van der Waals surface area contributed by atoms with Gasteiger partial charge in [-0.3, -0.25) is 0 Å². The van der Waals surface area contributed by atoms with Gasteiger partial charge in [0.15, 0.2) is 5.82 Å². The van der Waals surface area contributed by atoms with Crippen LogP contribution in [-0.4, -0.2) is 9.94 Å². The second kappa shape index (κ2) is 2.62. The number of hydrogen-bond acceptors (Lipinski definition) is 2. The van der Waals surface area contributed by atoms with E-state index in [0.29, 0.717) is 0 Å². The maximum Gasteiger partial charge on any atom is 0.392 e. The van der Waals surface area contributed by atoms with Gasteiger partial charge < -0.3 is 10.1 Å². The first-order valence-electron chi connectivity index (χ1n) is 2.75. The molecule has 1 rings (SSSR count). The van der Waals surface area contributed by atoms with Crippen LogP contribution in [0.15, 0.2) is 10.9 Å². The molecule has 0 bridgehead atoms. The fourth-order valence-electron chi connectivity index (χ4n) is 0.637. The summed E-state index contributed by atoms with van der Waals surface area (Å²) in [5, 5.41) is 8.67. The van der Waals surface area contributed by atoms with E-state index in [2.05, 4.69) is 4.85 Å². The maximum atomic E-state index is 12.5. The molecule has 0 fully saturated rings. The molecule has 0 amide bonds. The third-order valence-corrected chi connectivity index (χ3v) is 1.17. The summed E-state index contributed by atoms with van der Waals surface area (Å²) in [6.45, 7) is 6.34. The first-order chi connectivity index (χ1) is 5.57. The Hall–Kier alpha value is -1.90. The highest BCUT2D eigenvalue weighted by atomic mass is 19.1. The van der Waals surface area contributed by atoms with E-state index in [1.807, 2.05) is 0 Å². The highest BCUT2D eigenvalue weighted by molar-refractivity contribution is 5.37. The minimum atomic E-state index is -1.44. The smallest absolute Gasteiger partial charge is 0.362 e. The van der Waals surface area contributed by atoms with Crippen LogP contribution in [-0.2, 0) is 0 Å². The SMILES string of the molecule is [C-]#[N+]c1c(F)cc(F)c(=O)n1O. The van der Waals surface area contributed by atoms with E-state index in [1.54, 1.807) is 0 Å². The van der Waals surface area contributed by atoms with Crippen molar-refractivity contribution in [2.75, 3.05) is 0 Å². The number of hydrogen-bond donors (Lipinski definition) is 1. The Balaban J connectivity index is 3.66. The standard InChI is InChI=1S/C6H2F2N2O2/c1-9-5-3(7)2-4(8)6(11)10(5)12/h2,12H. The van der Waals surface area contributed by atoms with E-state index in [1.165, 1.54) is 0 Å². The minimum absolute atomic E-state index is 0.252. The zero-order chi connectivity index (χ0) is 9.30. The topological polar surface area (TPSA) is 46.6 Å². The van der Waals surface area contributed by atoms with Crippen molar-refractivity contribution in [1.29, 1.82) is 0 Å². The molecule has 1 N–H and O–H groups in total. The molecule has 0 spiro atoms. The lowest BCUT2D eigenvalue weighted by Gasteiger charge is -1.97. The van der Waals surface area contributed by atoms with Gasteiger partial charge in [-0.15, -0.1) is 0 Å². The fraction of sp³-hybridized carbons (Fsp3) is 0. The lowest BCUT2D eigenvalue weighted by atomic mass is 10.4. The molecule has 62 valence electrons.